The van der Waals surface area contributed by atoms with E-state index in [1.807, 2.05) is 29.3 Å². The highest BCUT2D eigenvalue weighted by molar-refractivity contribution is 8.09. The van der Waals surface area contributed by atoms with Crippen LogP contribution in [0.3, 0.4) is 0 Å². The van der Waals surface area contributed by atoms with Crippen molar-refractivity contribution in [3.63, 3.8) is 0 Å². The van der Waals surface area contributed by atoms with Crippen LogP contribution in [0.2, 0.25) is 0 Å². The second kappa shape index (κ2) is 10.1. The molecule has 1 N–H and O–H groups in total. The third kappa shape index (κ3) is 4.84. The monoisotopic (exact) mass is 596 g/mol. The lowest BCUT2D eigenvalue weighted by molar-refractivity contribution is 0.331. The lowest BCUT2D eigenvalue weighted by Crippen LogP contribution is -2.50. The largest absolute Gasteiger partial charge is 0.491 e. The predicted molar refractivity (Wildman–Crippen MR) is 156 cm³/mol. The molecule has 0 bridgehead atoms. The number of aryl methyl sites for hydroxylation is 2. The topological polar surface area (TPSA) is 148 Å². The first-order valence-corrected chi connectivity index (χ1v) is 17.3. The van der Waals surface area contributed by atoms with Gasteiger partial charge in [0.15, 0.2) is 29.4 Å². The maximum Gasteiger partial charge on any atom is 0.177 e. The van der Waals surface area contributed by atoms with Crippen molar-refractivity contribution in [3.8, 4) is 16.9 Å². The number of nitrogens with zero attached hydrogens (tertiary/aromatic N) is 5. The van der Waals surface area contributed by atoms with Crippen LogP contribution in [0.5, 0.6) is 5.75 Å². The van der Waals surface area contributed by atoms with E-state index in [0.717, 1.165) is 59.1 Å². The zero-order chi connectivity index (χ0) is 29.0. The number of benzene rings is 1. The molecule has 0 saturated heterocycles. The number of H-pyrrole nitrogens is 1. The van der Waals surface area contributed by atoms with Gasteiger partial charge in [0.1, 0.15) is 30.3 Å². The van der Waals surface area contributed by atoms with E-state index in [0.29, 0.717) is 42.4 Å². The van der Waals surface area contributed by atoms with Gasteiger partial charge in [-0.15, -0.1) is 0 Å². The summed E-state index contributed by atoms with van der Waals surface area (Å²) < 4.78 is 55.7. The van der Waals surface area contributed by atoms with Gasteiger partial charge < -0.3 is 14.6 Å². The van der Waals surface area contributed by atoms with Crippen LogP contribution in [-0.4, -0.2) is 71.5 Å². The quantitative estimate of drug-likeness (QED) is 0.352. The Balaban J connectivity index is 1.36. The highest BCUT2D eigenvalue weighted by Gasteiger charge is 2.53. The maximum atomic E-state index is 12.9. The molecule has 2 aliphatic rings. The second-order valence-electron chi connectivity index (χ2n) is 10.9. The summed E-state index contributed by atoms with van der Waals surface area (Å²) in [5.41, 5.74) is 5.64. The summed E-state index contributed by atoms with van der Waals surface area (Å²) in [6.07, 6.45) is 7.15. The average Bonchev–Trinajstić information content (AvgIpc) is 3.20. The van der Waals surface area contributed by atoms with Gasteiger partial charge in [0.05, 0.1) is 12.1 Å². The average molecular weight is 597 g/mol. The molecule has 0 unspecified atom stereocenters. The number of nitrogens with one attached hydrogen (secondary N) is 1. The molecule has 216 valence electrons. The third-order valence-corrected chi connectivity index (χ3v) is 13.3. The minimum Gasteiger partial charge on any atom is -0.491 e. The van der Waals surface area contributed by atoms with Gasteiger partial charge >= 0.3 is 0 Å². The summed E-state index contributed by atoms with van der Waals surface area (Å²) >= 11 is 0. The molecule has 1 aliphatic heterocycles. The molecule has 0 amide bonds. The number of pyridine rings is 1. The van der Waals surface area contributed by atoms with Gasteiger partial charge in [-0.2, -0.15) is 0 Å². The van der Waals surface area contributed by atoms with E-state index in [2.05, 4.69) is 37.9 Å². The molecular weight excluding hydrogens is 564 g/mol. The van der Waals surface area contributed by atoms with Gasteiger partial charge in [0, 0.05) is 60.5 Å². The number of aromatic amines is 1. The molecule has 0 saturated carbocycles. The molecule has 1 aromatic carbocycles. The van der Waals surface area contributed by atoms with E-state index in [9.17, 15) is 16.8 Å². The maximum absolute atomic E-state index is 12.9. The first-order valence-electron chi connectivity index (χ1n) is 13.6. The van der Waals surface area contributed by atoms with Crippen LogP contribution in [0.1, 0.15) is 42.4 Å². The van der Waals surface area contributed by atoms with Crippen molar-refractivity contribution in [2.24, 2.45) is 0 Å². The van der Waals surface area contributed by atoms with Crippen LogP contribution in [0.25, 0.3) is 22.3 Å². The number of sulfone groups is 2. The van der Waals surface area contributed by atoms with Gasteiger partial charge in [-0.1, -0.05) is 13.0 Å². The number of fused-ring (bicyclic) bond motifs is 3. The summed E-state index contributed by atoms with van der Waals surface area (Å²) in [5, 5.41) is 0. The number of rotatable bonds is 6. The fraction of sp³-hybridized carbons (Fsp3) is 0.429. The normalized spacial score (nSPS) is 17.0. The van der Waals surface area contributed by atoms with E-state index in [-0.39, 0.29) is 19.3 Å². The number of hydrogen-bond donors (Lipinski definition) is 1. The molecule has 0 radical (unpaired) electrons. The highest BCUT2D eigenvalue weighted by atomic mass is 32.3. The Morgan fingerprint density at radius 2 is 1.85 bits per heavy atom. The number of ether oxygens (including phenoxy) is 1. The molecule has 0 fully saturated rings. The van der Waals surface area contributed by atoms with E-state index in [1.54, 1.807) is 0 Å². The van der Waals surface area contributed by atoms with E-state index >= 15 is 0 Å². The van der Waals surface area contributed by atoms with Crippen molar-refractivity contribution in [2.75, 3.05) is 30.6 Å². The highest BCUT2D eigenvalue weighted by Crippen LogP contribution is 2.41. The molecule has 0 spiro atoms. The van der Waals surface area contributed by atoms with Gasteiger partial charge in [0.2, 0.25) is 0 Å². The van der Waals surface area contributed by atoms with Crippen molar-refractivity contribution in [1.29, 1.82) is 0 Å². The smallest absolute Gasteiger partial charge is 0.177 e. The number of anilines is 1. The molecule has 11 nitrogen and oxygen atoms in total. The predicted octanol–water partition coefficient (Wildman–Crippen LogP) is 3.04. The first-order chi connectivity index (χ1) is 19.5. The molecule has 41 heavy (non-hydrogen) atoms. The van der Waals surface area contributed by atoms with Crippen LogP contribution in [0, 0.1) is 0 Å². The third-order valence-electron chi connectivity index (χ3n) is 8.10. The van der Waals surface area contributed by atoms with E-state index < -0.39 is 23.8 Å². The van der Waals surface area contributed by atoms with Gasteiger partial charge in [-0.25, -0.2) is 36.8 Å². The van der Waals surface area contributed by atoms with E-state index in [1.165, 1.54) is 6.33 Å². The summed E-state index contributed by atoms with van der Waals surface area (Å²) in [7, 11) is -7.89. The molecule has 13 heteroatoms. The second-order valence-corrected chi connectivity index (χ2v) is 15.8. The Hall–Kier alpha value is -3.58. The minimum atomic E-state index is -3.94. The van der Waals surface area contributed by atoms with Crippen LogP contribution in [-0.2, 0) is 45.5 Å². The molecule has 3 aromatic heterocycles. The Morgan fingerprint density at radius 3 is 2.61 bits per heavy atom. The van der Waals surface area contributed by atoms with Crippen molar-refractivity contribution in [3.05, 3.63) is 59.4 Å². The van der Waals surface area contributed by atoms with Gasteiger partial charge in [-0.3, -0.25) is 0 Å². The Morgan fingerprint density at radius 1 is 1.05 bits per heavy atom. The Kier molecular flexibility index (Phi) is 6.76. The molecule has 6 rings (SSSR count). The zero-order valence-electron chi connectivity index (χ0n) is 23.2. The summed E-state index contributed by atoms with van der Waals surface area (Å²) in [6.45, 7) is 3.42. The fourth-order valence-corrected chi connectivity index (χ4v) is 9.86. The van der Waals surface area contributed by atoms with Crippen molar-refractivity contribution < 1.29 is 21.6 Å². The standard InChI is InChI=1S/C28H32N6O5S2/c1-4-5-25-32-23-13-19(15-29-26(23)33-25)18-6-7-24-20(12-18)16-34(10-11-39-24)27-21-14-28(40(2,35)36,41(3,37)38)9-8-22(21)30-17-31-27/h6-7,12-13,15,17H,4-5,8-11,14,16H2,1-3H3,(H,29,32,33). The van der Waals surface area contributed by atoms with Crippen LogP contribution >= 0.6 is 0 Å². The summed E-state index contributed by atoms with van der Waals surface area (Å²) in [6, 6.07) is 8.05. The zero-order valence-corrected chi connectivity index (χ0v) is 24.8. The van der Waals surface area contributed by atoms with Crippen molar-refractivity contribution in [1.82, 2.24) is 24.9 Å². The molecule has 1 aliphatic carbocycles. The summed E-state index contributed by atoms with van der Waals surface area (Å²) in [5.74, 6) is 2.21. The molecule has 4 heterocycles. The minimum absolute atomic E-state index is 0.0297. The van der Waals surface area contributed by atoms with E-state index in [4.69, 9.17) is 4.74 Å². The van der Waals surface area contributed by atoms with Crippen molar-refractivity contribution >= 4 is 36.7 Å². The van der Waals surface area contributed by atoms with Crippen LogP contribution in [0.15, 0.2) is 36.8 Å². The Bertz CT molecular complexity index is 1840. The number of hydrogen-bond acceptors (Lipinski definition) is 10. The number of imidazole rings is 1. The first kappa shape index (κ1) is 27.6. The summed E-state index contributed by atoms with van der Waals surface area (Å²) in [4.78, 5) is 23.4. The number of aromatic nitrogens is 5. The van der Waals surface area contributed by atoms with Gasteiger partial charge in [-0.05, 0) is 43.0 Å². The lowest BCUT2D eigenvalue weighted by Gasteiger charge is -2.36. The van der Waals surface area contributed by atoms with Crippen LogP contribution < -0.4 is 9.64 Å². The lowest BCUT2D eigenvalue weighted by atomic mass is 9.94. The Labute approximate surface area is 239 Å². The van der Waals surface area contributed by atoms with Gasteiger partial charge in [0.25, 0.3) is 0 Å². The SMILES string of the molecule is CCCc1nc2ncc(-c3ccc4c(c3)CN(c3ncnc5c3CC(S(C)(=O)=O)(S(C)(=O)=O)CC5)CCO4)cc2[nH]1. The fourth-order valence-electron chi connectivity index (χ4n) is 5.90. The van der Waals surface area contributed by atoms with Crippen LogP contribution in [0.4, 0.5) is 5.82 Å². The molecule has 4 aromatic rings. The molecular formula is C28H32N6O5S2. The van der Waals surface area contributed by atoms with Crippen molar-refractivity contribution in [2.45, 2.75) is 49.7 Å². The molecule has 0 atom stereocenters.